The summed E-state index contributed by atoms with van der Waals surface area (Å²) in [4.78, 5) is 4.70. The molecule has 0 atom stereocenters. The molecular weight excluding hydrogens is 905 g/mol. The van der Waals surface area contributed by atoms with Gasteiger partial charge in [-0.3, -0.25) is 0 Å². The highest BCUT2D eigenvalue weighted by atomic mass is 15.1. The van der Waals surface area contributed by atoms with E-state index >= 15 is 0 Å². The van der Waals surface area contributed by atoms with Crippen LogP contribution < -0.4 is 9.80 Å². The summed E-state index contributed by atoms with van der Waals surface area (Å²) in [5, 5.41) is 0. The molecule has 0 aliphatic heterocycles. The molecule has 0 bridgehead atoms. The highest BCUT2D eigenvalue weighted by Gasteiger charge is 2.47. The second-order valence-corrected chi connectivity index (χ2v) is 19.5. The van der Waals surface area contributed by atoms with E-state index in [1.54, 1.807) is 0 Å². The molecule has 75 heavy (non-hydrogen) atoms. The lowest BCUT2D eigenvalue weighted by molar-refractivity contribution is 0.693. The number of allylic oxidation sites excluding steroid dienone is 4. The third-order valence-electron chi connectivity index (χ3n) is 15.2. The summed E-state index contributed by atoms with van der Waals surface area (Å²) >= 11 is 0. The maximum atomic E-state index is 2.41. The van der Waals surface area contributed by atoms with Crippen molar-refractivity contribution < 1.29 is 0 Å². The fourth-order valence-corrected chi connectivity index (χ4v) is 11.8. The fourth-order valence-electron chi connectivity index (χ4n) is 11.8. The zero-order valence-electron chi connectivity index (χ0n) is 41.7. The summed E-state index contributed by atoms with van der Waals surface area (Å²) in [6.45, 7) is 0. The van der Waals surface area contributed by atoms with Gasteiger partial charge in [0.2, 0.25) is 0 Å². The van der Waals surface area contributed by atoms with E-state index in [4.69, 9.17) is 0 Å². The molecule has 0 N–H and O–H groups in total. The van der Waals surface area contributed by atoms with Crippen molar-refractivity contribution in [2.75, 3.05) is 9.80 Å². The van der Waals surface area contributed by atoms with Gasteiger partial charge in [-0.25, -0.2) is 0 Å². The molecule has 0 saturated heterocycles. The molecule has 2 nitrogen and oxygen atoms in total. The zero-order valence-corrected chi connectivity index (χ0v) is 41.7. The van der Waals surface area contributed by atoms with E-state index in [-0.39, 0.29) is 5.41 Å². The first-order valence-electron chi connectivity index (χ1n) is 26.1. The molecule has 2 aliphatic rings. The summed E-state index contributed by atoms with van der Waals surface area (Å²) in [5.74, 6) is 0. The van der Waals surface area contributed by atoms with Crippen LogP contribution in [0, 0.1) is 0 Å². The number of anilines is 6. The Kier molecular flexibility index (Phi) is 12.0. The minimum atomic E-state index is -0.379. The van der Waals surface area contributed by atoms with Crippen molar-refractivity contribution in [3.05, 3.63) is 326 Å². The molecule has 0 fully saturated rings. The Labute approximate surface area is 441 Å². The van der Waals surface area contributed by atoms with Gasteiger partial charge in [0.15, 0.2) is 0 Å². The third-order valence-corrected chi connectivity index (χ3v) is 15.2. The molecule has 0 unspecified atom stereocenters. The molecule has 0 aromatic heterocycles. The van der Waals surface area contributed by atoms with Crippen LogP contribution in [0.15, 0.2) is 309 Å². The summed E-state index contributed by atoms with van der Waals surface area (Å²) in [6, 6.07) is 104. The molecule has 0 spiro atoms. The van der Waals surface area contributed by atoms with Gasteiger partial charge in [-0.05, 0) is 170 Å². The summed E-state index contributed by atoms with van der Waals surface area (Å²) in [7, 11) is 0. The first kappa shape index (κ1) is 45.4. The van der Waals surface area contributed by atoms with Crippen LogP contribution in [-0.4, -0.2) is 0 Å². The van der Waals surface area contributed by atoms with Crippen molar-refractivity contribution in [3.63, 3.8) is 0 Å². The van der Waals surface area contributed by atoms with Crippen LogP contribution in [0.2, 0.25) is 0 Å². The zero-order chi connectivity index (χ0) is 50.0. The number of benzene rings is 11. The Morgan fingerprint density at radius 3 is 0.973 bits per heavy atom. The average molecular weight is 959 g/mol. The largest absolute Gasteiger partial charge is 0.311 e. The van der Waals surface area contributed by atoms with Crippen LogP contribution in [0.1, 0.15) is 29.5 Å². The Bertz CT molecular complexity index is 3740. The molecule has 0 radical (unpaired) electrons. The van der Waals surface area contributed by atoms with Gasteiger partial charge >= 0.3 is 0 Å². The van der Waals surface area contributed by atoms with E-state index in [0.29, 0.717) is 0 Å². The van der Waals surface area contributed by atoms with Gasteiger partial charge < -0.3 is 9.80 Å². The van der Waals surface area contributed by atoms with Gasteiger partial charge in [0, 0.05) is 34.1 Å². The highest BCUT2D eigenvalue weighted by Crippen LogP contribution is 2.58. The van der Waals surface area contributed by atoms with Crippen molar-refractivity contribution in [1.82, 2.24) is 0 Å². The van der Waals surface area contributed by atoms with Crippen LogP contribution in [0.5, 0.6) is 0 Å². The first-order chi connectivity index (χ1) is 37.2. The van der Waals surface area contributed by atoms with Crippen molar-refractivity contribution in [2.45, 2.75) is 18.3 Å². The first-order valence-corrected chi connectivity index (χ1v) is 26.1. The van der Waals surface area contributed by atoms with Crippen LogP contribution in [-0.2, 0) is 5.41 Å². The van der Waals surface area contributed by atoms with Gasteiger partial charge in [0.05, 0.1) is 5.41 Å². The SMILES string of the molecule is C1=CCCC(C2(c3ccc(N(c4ccccc4)c4ccc(-c5cc(-c6ccccc6)c(-c6ccc(N(c7ccccc7)c7ccccc7)cc6)cc5-c5ccccc5)cc4)cc3)c3ccccc3-c3ccccc32)=C1. The Morgan fingerprint density at radius 2 is 0.600 bits per heavy atom. The standard InChI is InChI=1S/C73H54N2/c1-7-23-53(24-8-1)67-52-70(68(54-25-9-2-10-26-54)51-69(67)55-39-45-62(46-40-55)74(59-29-13-4-14-30-59)60-31-15-5-16-32-60)56-41-47-63(48-42-56)75(61-33-17-6-18-34-61)64-49-43-58(44-50-64)73(57-27-11-3-12-28-57)71-37-21-19-35-65(71)66-36-20-22-38-72(66)73/h1-11,13-27,29-52H,12,28H2. The molecule has 2 aliphatic carbocycles. The van der Waals surface area contributed by atoms with E-state index in [0.717, 1.165) is 58.1 Å². The monoisotopic (exact) mass is 958 g/mol. The van der Waals surface area contributed by atoms with E-state index < -0.39 is 0 Å². The number of para-hydroxylation sites is 3. The smallest absolute Gasteiger partial charge is 0.0676 e. The van der Waals surface area contributed by atoms with Crippen molar-refractivity contribution in [1.29, 1.82) is 0 Å². The molecule has 11 aromatic rings. The quantitative estimate of drug-likeness (QED) is 0.120. The van der Waals surface area contributed by atoms with E-state index in [1.807, 2.05) is 0 Å². The predicted octanol–water partition coefficient (Wildman–Crippen LogP) is 19.9. The maximum absolute atomic E-state index is 2.41. The van der Waals surface area contributed by atoms with Crippen LogP contribution >= 0.6 is 0 Å². The number of rotatable bonds is 12. The average Bonchev–Trinajstić information content (AvgIpc) is 3.82. The molecule has 13 rings (SSSR count). The van der Waals surface area contributed by atoms with Crippen molar-refractivity contribution >= 4 is 34.1 Å². The second-order valence-electron chi connectivity index (χ2n) is 19.5. The van der Waals surface area contributed by atoms with Crippen molar-refractivity contribution in [3.8, 4) is 55.6 Å². The highest BCUT2D eigenvalue weighted by molar-refractivity contribution is 5.96. The lowest BCUT2D eigenvalue weighted by Gasteiger charge is -2.37. The van der Waals surface area contributed by atoms with Gasteiger partial charge in [-0.1, -0.05) is 224 Å². The van der Waals surface area contributed by atoms with Gasteiger partial charge in [-0.2, -0.15) is 0 Å². The normalized spacial score (nSPS) is 13.1. The number of nitrogens with zero attached hydrogens (tertiary/aromatic N) is 2. The maximum Gasteiger partial charge on any atom is 0.0676 e. The van der Waals surface area contributed by atoms with Crippen LogP contribution in [0.4, 0.5) is 34.1 Å². The molecule has 0 amide bonds. The Balaban J connectivity index is 0.909. The molecule has 2 heteroatoms. The van der Waals surface area contributed by atoms with E-state index in [2.05, 4.69) is 313 Å². The van der Waals surface area contributed by atoms with E-state index in [9.17, 15) is 0 Å². The van der Waals surface area contributed by atoms with Crippen molar-refractivity contribution in [2.24, 2.45) is 0 Å². The predicted molar refractivity (Wildman–Crippen MR) is 316 cm³/mol. The molecule has 11 aromatic carbocycles. The molecule has 356 valence electrons. The minimum Gasteiger partial charge on any atom is -0.311 e. The van der Waals surface area contributed by atoms with Crippen LogP contribution in [0.25, 0.3) is 55.6 Å². The summed E-state index contributed by atoms with van der Waals surface area (Å²) in [6.07, 6.45) is 8.97. The Morgan fingerprint density at radius 1 is 0.280 bits per heavy atom. The lowest BCUT2D eigenvalue weighted by Crippen LogP contribution is -2.30. The van der Waals surface area contributed by atoms with Gasteiger partial charge in [-0.15, -0.1) is 0 Å². The topological polar surface area (TPSA) is 6.48 Å². The van der Waals surface area contributed by atoms with Gasteiger partial charge in [0.1, 0.15) is 0 Å². The molecular formula is C73H54N2. The minimum absolute atomic E-state index is 0.379. The van der Waals surface area contributed by atoms with Gasteiger partial charge in [0.25, 0.3) is 0 Å². The second kappa shape index (κ2) is 19.8. The summed E-state index contributed by atoms with van der Waals surface area (Å²) < 4.78 is 0. The summed E-state index contributed by atoms with van der Waals surface area (Å²) in [5.41, 5.74) is 23.7. The Hall–Kier alpha value is -9.50. The third kappa shape index (κ3) is 8.27. The number of hydrogen-bond acceptors (Lipinski definition) is 2. The fraction of sp³-hybridized carbons (Fsp3) is 0.0411. The van der Waals surface area contributed by atoms with E-state index in [1.165, 1.54) is 66.8 Å². The molecule has 0 saturated carbocycles. The van der Waals surface area contributed by atoms with Crippen LogP contribution in [0.3, 0.4) is 0 Å². The number of fused-ring (bicyclic) bond motifs is 3. The lowest BCUT2D eigenvalue weighted by atomic mass is 9.65. The molecule has 0 heterocycles. The number of hydrogen-bond donors (Lipinski definition) is 0.